The number of halogens is 1. The molecule has 3 aromatic rings. The predicted molar refractivity (Wildman–Crippen MR) is 103 cm³/mol. The number of ether oxygens (including phenoxy) is 1. The Labute approximate surface area is 155 Å². The molecule has 0 unspecified atom stereocenters. The Balaban J connectivity index is 2.15. The number of rotatable bonds is 5. The van der Waals surface area contributed by atoms with Crippen LogP contribution in [0.1, 0.15) is 16.7 Å². The fourth-order valence-electron chi connectivity index (χ4n) is 3.01. The van der Waals surface area contributed by atoms with Gasteiger partial charge in [-0.05, 0) is 72.5 Å². The number of carbonyl (C=O) groups is 1. The number of carboxylic acid groups (broad SMARTS) is 1. The molecule has 0 aliphatic carbocycles. The van der Waals surface area contributed by atoms with E-state index in [0.717, 1.165) is 15.8 Å². The van der Waals surface area contributed by atoms with Gasteiger partial charge in [-0.3, -0.25) is 4.79 Å². The summed E-state index contributed by atoms with van der Waals surface area (Å²) in [5.41, 5.74) is 2.45. The van der Waals surface area contributed by atoms with Crippen molar-refractivity contribution in [2.75, 3.05) is 6.26 Å². The Kier molecular flexibility index (Phi) is 5.18. The minimum absolute atomic E-state index is 0.111. The van der Waals surface area contributed by atoms with Gasteiger partial charge in [0.25, 0.3) is 0 Å². The first-order valence-electron chi connectivity index (χ1n) is 8.15. The van der Waals surface area contributed by atoms with Crippen LogP contribution in [0, 0.1) is 19.7 Å². The second-order valence-electron chi connectivity index (χ2n) is 6.16. The lowest BCUT2D eigenvalue weighted by atomic mass is 9.98. The number of hydrogen-bond acceptors (Lipinski definition) is 3. The average Bonchev–Trinajstić information content (AvgIpc) is 2.59. The number of aliphatic carboxylic acids is 1. The third-order valence-corrected chi connectivity index (χ3v) is 5.24. The van der Waals surface area contributed by atoms with Crippen LogP contribution in [0.25, 0.3) is 10.8 Å². The van der Waals surface area contributed by atoms with Crippen molar-refractivity contribution in [1.82, 2.24) is 0 Å². The van der Waals surface area contributed by atoms with E-state index in [-0.39, 0.29) is 12.2 Å². The molecule has 3 rings (SSSR count). The van der Waals surface area contributed by atoms with Gasteiger partial charge in [-0.25, -0.2) is 4.39 Å². The Morgan fingerprint density at radius 1 is 1.15 bits per heavy atom. The molecule has 0 bridgehead atoms. The largest absolute Gasteiger partial charge is 0.481 e. The molecule has 0 saturated carbocycles. The molecular weight excluding hydrogens is 351 g/mol. The molecule has 0 amide bonds. The number of fused-ring (bicyclic) bond motifs is 1. The van der Waals surface area contributed by atoms with Crippen molar-refractivity contribution >= 4 is 28.5 Å². The van der Waals surface area contributed by atoms with Gasteiger partial charge < -0.3 is 9.84 Å². The Morgan fingerprint density at radius 3 is 2.58 bits per heavy atom. The van der Waals surface area contributed by atoms with E-state index < -0.39 is 5.97 Å². The van der Waals surface area contributed by atoms with E-state index in [1.807, 2.05) is 31.4 Å². The van der Waals surface area contributed by atoms with Crippen molar-refractivity contribution in [3.8, 4) is 11.5 Å². The molecule has 134 valence electrons. The molecule has 0 atom stereocenters. The molecule has 0 fully saturated rings. The highest BCUT2D eigenvalue weighted by atomic mass is 32.2. The lowest BCUT2D eigenvalue weighted by molar-refractivity contribution is -0.136. The highest BCUT2D eigenvalue weighted by Crippen LogP contribution is 2.37. The van der Waals surface area contributed by atoms with Crippen molar-refractivity contribution in [2.24, 2.45) is 0 Å². The van der Waals surface area contributed by atoms with E-state index in [0.29, 0.717) is 28.0 Å². The maximum absolute atomic E-state index is 13.8. The average molecular weight is 370 g/mol. The van der Waals surface area contributed by atoms with Crippen molar-refractivity contribution in [1.29, 1.82) is 0 Å². The second-order valence-corrected chi connectivity index (χ2v) is 7.01. The van der Waals surface area contributed by atoms with Crippen LogP contribution in [0.3, 0.4) is 0 Å². The van der Waals surface area contributed by atoms with Crippen LogP contribution in [0.4, 0.5) is 4.39 Å². The molecule has 0 aromatic heterocycles. The molecule has 0 aliphatic heterocycles. The van der Waals surface area contributed by atoms with Crippen molar-refractivity contribution < 1.29 is 19.0 Å². The second kappa shape index (κ2) is 7.38. The van der Waals surface area contributed by atoms with E-state index in [1.165, 1.54) is 12.1 Å². The predicted octanol–water partition coefficient (Wildman–Crippen LogP) is 5.74. The molecule has 0 heterocycles. The summed E-state index contributed by atoms with van der Waals surface area (Å²) in [7, 11) is 0. The Bertz CT molecular complexity index is 998. The van der Waals surface area contributed by atoms with Gasteiger partial charge in [0.05, 0.1) is 6.42 Å². The van der Waals surface area contributed by atoms with E-state index in [1.54, 1.807) is 30.8 Å². The van der Waals surface area contributed by atoms with E-state index >= 15 is 0 Å². The van der Waals surface area contributed by atoms with E-state index in [9.17, 15) is 14.3 Å². The molecule has 5 heteroatoms. The van der Waals surface area contributed by atoms with Crippen molar-refractivity contribution in [3.05, 3.63) is 65.0 Å². The van der Waals surface area contributed by atoms with Gasteiger partial charge in [0.1, 0.15) is 17.3 Å². The van der Waals surface area contributed by atoms with E-state index in [4.69, 9.17) is 4.74 Å². The summed E-state index contributed by atoms with van der Waals surface area (Å²) in [6.07, 6.45) is 1.90. The van der Waals surface area contributed by atoms with Crippen molar-refractivity contribution in [2.45, 2.75) is 25.2 Å². The summed E-state index contributed by atoms with van der Waals surface area (Å²) in [4.78, 5) is 12.3. The molecule has 0 spiro atoms. The van der Waals surface area contributed by atoms with Crippen LogP contribution >= 0.6 is 11.8 Å². The van der Waals surface area contributed by atoms with Crippen LogP contribution < -0.4 is 4.74 Å². The smallest absolute Gasteiger partial charge is 0.307 e. The Morgan fingerprint density at radius 2 is 1.92 bits per heavy atom. The molecular formula is C21H19FO3S. The summed E-state index contributed by atoms with van der Waals surface area (Å²) >= 11 is 1.66. The summed E-state index contributed by atoms with van der Waals surface area (Å²) in [6, 6.07) is 12.0. The molecule has 3 nitrogen and oxygen atoms in total. The van der Waals surface area contributed by atoms with Gasteiger partial charge >= 0.3 is 5.97 Å². The molecule has 3 aromatic carbocycles. The standard InChI is InChI=1S/C21H19FO3S/c1-12-8-17(6-7-19(12)26-3)25-21-13(2)15(10-20(23)24)9-14-4-5-16(22)11-18(14)21/h4-9,11H,10H2,1-3H3,(H,23,24). The van der Waals surface area contributed by atoms with E-state index in [2.05, 4.69) is 0 Å². The van der Waals surface area contributed by atoms with Crippen LogP contribution in [0.5, 0.6) is 11.5 Å². The number of benzene rings is 3. The summed E-state index contributed by atoms with van der Waals surface area (Å²) in [6.45, 7) is 3.81. The monoisotopic (exact) mass is 370 g/mol. The number of thioether (sulfide) groups is 1. The molecule has 0 saturated heterocycles. The summed E-state index contributed by atoms with van der Waals surface area (Å²) in [5.74, 6) is -0.140. The SMILES string of the molecule is CSc1ccc(Oc2c(C)c(CC(=O)O)cc3ccc(F)cc23)cc1C. The minimum Gasteiger partial charge on any atom is -0.481 e. The molecule has 26 heavy (non-hydrogen) atoms. The maximum Gasteiger partial charge on any atom is 0.307 e. The van der Waals surface area contributed by atoms with Crippen LogP contribution in [0.2, 0.25) is 0 Å². The van der Waals surface area contributed by atoms with Crippen LogP contribution in [-0.4, -0.2) is 17.3 Å². The fraction of sp³-hybridized carbons (Fsp3) is 0.190. The Hall–Kier alpha value is -2.53. The zero-order chi connectivity index (χ0) is 18.8. The van der Waals surface area contributed by atoms with Crippen molar-refractivity contribution in [3.63, 3.8) is 0 Å². The fourth-order valence-corrected chi connectivity index (χ4v) is 3.59. The summed E-state index contributed by atoms with van der Waals surface area (Å²) in [5, 5.41) is 10.6. The van der Waals surface area contributed by atoms with Crippen LogP contribution in [0.15, 0.2) is 47.4 Å². The summed E-state index contributed by atoms with van der Waals surface area (Å²) < 4.78 is 19.9. The van der Waals surface area contributed by atoms with Gasteiger partial charge in [-0.15, -0.1) is 11.8 Å². The normalized spacial score (nSPS) is 10.9. The van der Waals surface area contributed by atoms with Crippen LogP contribution in [-0.2, 0) is 11.2 Å². The third kappa shape index (κ3) is 3.68. The number of aryl methyl sites for hydroxylation is 1. The van der Waals surface area contributed by atoms with Gasteiger partial charge in [0.15, 0.2) is 0 Å². The van der Waals surface area contributed by atoms with Gasteiger partial charge in [-0.2, -0.15) is 0 Å². The lowest BCUT2D eigenvalue weighted by Gasteiger charge is -2.16. The lowest BCUT2D eigenvalue weighted by Crippen LogP contribution is -2.04. The topological polar surface area (TPSA) is 46.5 Å². The quantitative estimate of drug-likeness (QED) is 0.582. The third-order valence-electron chi connectivity index (χ3n) is 4.34. The highest BCUT2D eigenvalue weighted by Gasteiger charge is 2.15. The molecule has 0 radical (unpaired) electrons. The zero-order valence-corrected chi connectivity index (χ0v) is 15.6. The molecule has 1 N–H and O–H groups in total. The first kappa shape index (κ1) is 18.3. The minimum atomic E-state index is -0.916. The van der Waals surface area contributed by atoms with Gasteiger partial charge in [-0.1, -0.05) is 12.1 Å². The number of carboxylic acids is 1. The highest BCUT2D eigenvalue weighted by molar-refractivity contribution is 7.98. The first-order valence-corrected chi connectivity index (χ1v) is 9.37. The zero-order valence-electron chi connectivity index (χ0n) is 14.8. The first-order chi connectivity index (χ1) is 12.4. The van der Waals surface area contributed by atoms with Gasteiger partial charge in [0, 0.05) is 10.3 Å². The molecule has 0 aliphatic rings. The maximum atomic E-state index is 13.8. The number of hydrogen-bond donors (Lipinski definition) is 1. The van der Waals surface area contributed by atoms with Gasteiger partial charge in [0.2, 0.25) is 0 Å².